The first-order valence-corrected chi connectivity index (χ1v) is 7.30. The van der Waals surface area contributed by atoms with Gasteiger partial charge >= 0.3 is 0 Å². The second-order valence-corrected chi connectivity index (χ2v) is 6.52. The van der Waals surface area contributed by atoms with Gasteiger partial charge in [-0.3, -0.25) is 0 Å². The summed E-state index contributed by atoms with van der Waals surface area (Å²) in [4.78, 5) is 0.157. The Hall–Kier alpha value is -0.990. The highest BCUT2D eigenvalue weighted by Crippen LogP contribution is 2.19. The van der Waals surface area contributed by atoms with Crippen LogP contribution in [0.5, 0.6) is 0 Å². The first kappa shape index (κ1) is 15.1. The van der Waals surface area contributed by atoms with Crippen molar-refractivity contribution in [3.8, 4) is 0 Å². The molecule has 1 unspecified atom stereocenters. The van der Waals surface area contributed by atoms with Crippen molar-refractivity contribution in [3.63, 3.8) is 0 Å². The monoisotopic (exact) mass is 291 g/mol. The van der Waals surface area contributed by atoms with Crippen LogP contribution in [-0.4, -0.2) is 24.6 Å². The fourth-order valence-electron chi connectivity index (χ4n) is 1.61. The first-order chi connectivity index (χ1) is 8.16. The Morgan fingerprint density at radius 2 is 2.00 bits per heavy atom. The number of nitrogens with two attached hydrogens (primary N) is 1. The van der Waals surface area contributed by atoms with E-state index in [2.05, 4.69) is 9.88 Å². The van der Waals surface area contributed by atoms with Gasteiger partial charge < -0.3 is 10.3 Å². The fourth-order valence-corrected chi connectivity index (χ4v) is 3.71. The molecule has 1 heterocycles. The van der Waals surface area contributed by atoms with E-state index >= 15 is 0 Å². The highest BCUT2D eigenvalue weighted by Gasteiger charge is 2.29. The van der Waals surface area contributed by atoms with Gasteiger partial charge in [-0.25, -0.2) is 13.1 Å². The SMILES string of the molecule is Cc1noc(C)c1S(=O)(=O)NC(C(N)=S)C(C)C. The highest BCUT2D eigenvalue weighted by atomic mass is 32.2. The molecule has 0 radical (unpaired) electrons. The molecule has 0 fully saturated rings. The van der Waals surface area contributed by atoms with Crippen LogP contribution < -0.4 is 10.5 Å². The lowest BCUT2D eigenvalue weighted by molar-refractivity contribution is 0.390. The van der Waals surface area contributed by atoms with Crippen LogP contribution in [0.4, 0.5) is 0 Å². The molecule has 0 aromatic carbocycles. The number of nitrogens with one attached hydrogen (secondary N) is 1. The Labute approximate surface area is 112 Å². The molecule has 0 aliphatic rings. The van der Waals surface area contributed by atoms with Gasteiger partial charge in [0.15, 0.2) is 5.76 Å². The van der Waals surface area contributed by atoms with Crippen LogP contribution in [0.2, 0.25) is 0 Å². The predicted octanol–water partition coefficient (Wildman–Crippen LogP) is 0.880. The van der Waals surface area contributed by atoms with Gasteiger partial charge in [0.25, 0.3) is 0 Å². The summed E-state index contributed by atoms with van der Waals surface area (Å²) in [5.74, 6) is 0.197. The molecular weight excluding hydrogens is 274 g/mol. The maximum Gasteiger partial charge on any atom is 0.246 e. The van der Waals surface area contributed by atoms with E-state index in [-0.39, 0.29) is 21.6 Å². The molecule has 0 saturated carbocycles. The lowest BCUT2D eigenvalue weighted by Gasteiger charge is -2.20. The quantitative estimate of drug-likeness (QED) is 0.781. The van der Waals surface area contributed by atoms with E-state index in [0.29, 0.717) is 5.69 Å². The molecule has 0 saturated heterocycles. The lowest BCUT2D eigenvalue weighted by atomic mass is 10.1. The van der Waals surface area contributed by atoms with Crippen LogP contribution in [0.25, 0.3) is 0 Å². The van der Waals surface area contributed by atoms with E-state index in [1.54, 1.807) is 13.8 Å². The number of hydrogen-bond donors (Lipinski definition) is 2. The van der Waals surface area contributed by atoms with Crippen LogP contribution in [0, 0.1) is 19.8 Å². The third-order valence-electron chi connectivity index (χ3n) is 2.49. The van der Waals surface area contributed by atoms with Crippen molar-refractivity contribution in [2.24, 2.45) is 11.7 Å². The molecule has 18 heavy (non-hydrogen) atoms. The van der Waals surface area contributed by atoms with Crippen LogP contribution in [0.15, 0.2) is 9.42 Å². The van der Waals surface area contributed by atoms with Gasteiger partial charge in [-0.05, 0) is 19.8 Å². The molecule has 0 amide bonds. The second-order valence-electron chi connectivity index (χ2n) is 4.40. The summed E-state index contributed by atoms with van der Waals surface area (Å²) in [6.07, 6.45) is 0. The number of aryl methyl sites for hydroxylation is 2. The number of rotatable bonds is 5. The average molecular weight is 291 g/mol. The zero-order chi connectivity index (χ0) is 14.1. The molecule has 0 aliphatic heterocycles. The molecule has 6 nitrogen and oxygen atoms in total. The van der Waals surface area contributed by atoms with Gasteiger partial charge in [0, 0.05) is 0 Å². The molecule has 8 heteroatoms. The molecular formula is C10H17N3O3S2. The van der Waals surface area contributed by atoms with Gasteiger partial charge in [0.1, 0.15) is 10.6 Å². The van der Waals surface area contributed by atoms with Crippen molar-refractivity contribution in [3.05, 3.63) is 11.5 Å². The number of aromatic nitrogens is 1. The van der Waals surface area contributed by atoms with Gasteiger partial charge in [0.2, 0.25) is 10.0 Å². The zero-order valence-corrected chi connectivity index (χ0v) is 12.4. The minimum absolute atomic E-state index is 0.0438. The van der Waals surface area contributed by atoms with Crippen molar-refractivity contribution in [2.45, 2.75) is 38.6 Å². The second kappa shape index (κ2) is 5.33. The fraction of sp³-hybridized carbons (Fsp3) is 0.600. The molecule has 1 atom stereocenters. The van der Waals surface area contributed by atoms with E-state index in [4.69, 9.17) is 22.5 Å². The van der Waals surface area contributed by atoms with Gasteiger partial charge in [-0.1, -0.05) is 31.2 Å². The molecule has 1 aromatic rings. The van der Waals surface area contributed by atoms with Gasteiger partial charge in [-0.2, -0.15) is 0 Å². The lowest BCUT2D eigenvalue weighted by Crippen LogP contribution is -2.46. The minimum atomic E-state index is -3.74. The smallest absolute Gasteiger partial charge is 0.246 e. The van der Waals surface area contributed by atoms with Crippen LogP contribution in [0.3, 0.4) is 0 Å². The Kier molecular flexibility index (Phi) is 4.46. The summed E-state index contributed by atoms with van der Waals surface area (Å²) in [6, 6.07) is -0.598. The first-order valence-electron chi connectivity index (χ1n) is 5.41. The molecule has 3 N–H and O–H groups in total. The number of hydrogen-bond acceptors (Lipinski definition) is 5. The standard InChI is InChI=1S/C10H17N3O3S2/c1-5(2)8(10(11)17)13-18(14,15)9-6(3)12-16-7(9)4/h5,8,13H,1-4H3,(H2,11,17). The van der Waals surface area contributed by atoms with E-state index in [9.17, 15) is 8.42 Å². The van der Waals surface area contributed by atoms with Crippen molar-refractivity contribution >= 4 is 27.2 Å². The third-order valence-corrected chi connectivity index (χ3v) is 4.43. The van der Waals surface area contributed by atoms with Crippen molar-refractivity contribution < 1.29 is 12.9 Å². The van der Waals surface area contributed by atoms with E-state index in [1.807, 2.05) is 13.8 Å². The highest BCUT2D eigenvalue weighted by molar-refractivity contribution is 7.89. The normalized spacial score (nSPS) is 13.8. The summed E-state index contributed by atoms with van der Waals surface area (Å²) >= 11 is 4.87. The largest absolute Gasteiger partial charge is 0.392 e. The third kappa shape index (κ3) is 3.06. The van der Waals surface area contributed by atoms with Crippen molar-refractivity contribution in [1.29, 1.82) is 0 Å². The number of sulfonamides is 1. The van der Waals surface area contributed by atoms with Gasteiger partial charge in [0.05, 0.1) is 11.0 Å². The van der Waals surface area contributed by atoms with Crippen molar-refractivity contribution in [2.75, 3.05) is 0 Å². The maximum atomic E-state index is 12.2. The molecule has 0 bridgehead atoms. The summed E-state index contributed by atoms with van der Waals surface area (Å²) in [7, 11) is -3.74. The van der Waals surface area contributed by atoms with Crippen LogP contribution in [0.1, 0.15) is 25.3 Å². The summed E-state index contributed by atoms with van der Waals surface area (Å²) in [6.45, 7) is 6.77. The molecule has 102 valence electrons. The van der Waals surface area contributed by atoms with E-state index < -0.39 is 16.1 Å². The summed E-state index contributed by atoms with van der Waals surface area (Å²) in [5, 5.41) is 3.62. The Morgan fingerprint density at radius 3 is 2.33 bits per heavy atom. The average Bonchev–Trinajstić information content (AvgIpc) is 2.54. The Bertz CT molecular complexity index is 529. The van der Waals surface area contributed by atoms with E-state index in [1.165, 1.54) is 0 Å². The van der Waals surface area contributed by atoms with Gasteiger partial charge in [-0.15, -0.1) is 0 Å². The number of thiocarbonyl (C=S) groups is 1. The molecule has 0 spiro atoms. The molecule has 1 rings (SSSR count). The number of nitrogens with zero attached hydrogens (tertiary/aromatic N) is 1. The molecule has 0 aliphatic carbocycles. The Balaban J connectivity index is 3.13. The zero-order valence-electron chi connectivity index (χ0n) is 10.7. The van der Waals surface area contributed by atoms with Crippen LogP contribution >= 0.6 is 12.2 Å². The topological polar surface area (TPSA) is 98.2 Å². The Morgan fingerprint density at radius 1 is 1.44 bits per heavy atom. The maximum absolute atomic E-state index is 12.2. The summed E-state index contributed by atoms with van der Waals surface area (Å²) in [5.41, 5.74) is 5.85. The summed E-state index contributed by atoms with van der Waals surface area (Å²) < 4.78 is 31.8. The predicted molar refractivity (Wildman–Crippen MR) is 71.7 cm³/mol. The van der Waals surface area contributed by atoms with E-state index in [0.717, 1.165) is 0 Å². The van der Waals surface area contributed by atoms with Crippen molar-refractivity contribution in [1.82, 2.24) is 9.88 Å². The minimum Gasteiger partial charge on any atom is -0.392 e. The molecule has 1 aromatic heterocycles. The van der Waals surface area contributed by atoms with Crippen LogP contribution in [-0.2, 0) is 10.0 Å².